The summed E-state index contributed by atoms with van der Waals surface area (Å²) < 4.78 is 9.76. The van der Waals surface area contributed by atoms with E-state index in [-0.39, 0.29) is 11.4 Å². The molecule has 2 heterocycles. The number of hydrogen-bond donors (Lipinski definition) is 2. The Hall–Kier alpha value is -3.42. The topological polar surface area (TPSA) is 110 Å². The number of carbonyl (C=O) groups is 2. The van der Waals surface area contributed by atoms with Gasteiger partial charge in [-0.3, -0.25) is 9.59 Å². The van der Waals surface area contributed by atoms with Crippen LogP contribution in [0, 0.1) is 13.8 Å². The molecule has 8 nitrogen and oxygen atoms in total. The lowest BCUT2D eigenvalue weighted by Gasteiger charge is -2.10. The first-order valence-electron chi connectivity index (χ1n) is 7.11. The Morgan fingerprint density at radius 1 is 0.833 bits per heavy atom. The fraction of sp³-hybridized carbons (Fsp3) is 0.125. The molecule has 0 unspecified atom stereocenters. The highest BCUT2D eigenvalue weighted by Crippen LogP contribution is 2.22. The predicted octanol–water partition coefficient (Wildman–Crippen LogP) is 2.78. The molecule has 0 spiro atoms. The number of amides is 2. The van der Waals surface area contributed by atoms with Crippen LogP contribution in [0.4, 0.5) is 11.4 Å². The van der Waals surface area contributed by atoms with Crippen LogP contribution in [0.3, 0.4) is 0 Å². The van der Waals surface area contributed by atoms with E-state index in [1.807, 2.05) is 0 Å². The maximum absolute atomic E-state index is 12.2. The maximum Gasteiger partial charge on any atom is 0.277 e. The van der Waals surface area contributed by atoms with Crippen LogP contribution < -0.4 is 10.6 Å². The van der Waals surface area contributed by atoms with Crippen LogP contribution in [-0.4, -0.2) is 22.1 Å². The van der Waals surface area contributed by atoms with Crippen LogP contribution in [-0.2, 0) is 0 Å². The number of rotatable bonds is 4. The predicted molar refractivity (Wildman–Crippen MR) is 84.8 cm³/mol. The van der Waals surface area contributed by atoms with Crippen LogP contribution in [0.25, 0.3) is 0 Å². The lowest BCUT2D eigenvalue weighted by molar-refractivity contribution is 0.100. The zero-order valence-electron chi connectivity index (χ0n) is 13.0. The summed E-state index contributed by atoms with van der Waals surface area (Å²) in [6.45, 7) is 3.38. The van der Waals surface area contributed by atoms with Crippen LogP contribution in [0.2, 0.25) is 0 Å². The molecule has 0 fully saturated rings. The Morgan fingerprint density at radius 2 is 1.25 bits per heavy atom. The van der Waals surface area contributed by atoms with Crippen LogP contribution in [0.5, 0.6) is 0 Å². The molecule has 2 amide bonds. The molecule has 0 saturated carbocycles. The van der Waals surface area contributed by atoms with Crippen molar-refractivity contribution in [2.24, 2.45) is 0 Å². The van der Waals surface area contributed by atoms with Crippen LogP contribution in [0.15, 0.2) is 45.4 Å². The average molecular weight is 326 g/mol. The minimum absolute atomic E-state index is 0.153. The van der Waals surface area contributed by atoms with Crippen LogP contribution >= 0.6 is 0 Å². The summed E-state index contributed by atoms with van der Waals surface area (Å²) in [5.41, 5.74) is 1.16. The van der Waals surface area contributed by atoms with Gasteiger partial charge in [-0.15, -0.1) is 0 Å². The number of anilines is 2. The van der Waals surface area contributed by atoms with Crippen molar-refractivity contribution in [1.29, 1.82) is 0 Å². The summed E-state index contributed by atoms with van der Waals surface area (Å²) in [5, 5.41) is 12.7. The van der Waals surface area contributed by atoms with Gasteiger partial charge in [0.1, 0.15) is 11.5 Å². The number of carbonyl (C=O) groups excluding carboxylic acids is 2. The second-order valence-corrected chi connectivity index (χ2v) is 5.10. The molecule has 2 N–H and O–H groups in total. The number of para-hydroxylation sites is 2. The summed E-state index contributed by atoms with van der Waals surface area (Å²) in [7, 11) is 0. The normalized spacial score (nSPS) is 10.4. The highest BCUT2D eigenvalue weighted by atomic mass is 16.5. The van der Waals surface area contributed by atoms with Gasteiger partial charge in [0.05, 0.1) is 11.4 Å². The van der Waals surface area contributed by atoms with E-state index in [0.717, 1.165) is 0 Å². The van der Waals surface area contributed by atoms with Gasteiger partial charge in [-0.2, -0.15) is 0 Å². The highest BCUT2D eigenvalue weighted by molar-refractivity contribution is 6.08. The Labute approximate surface area is 136 Å². The van der Waals surface area contributed by atoms with Crippen molar-refractivity contribution >= 4 is 23.2 Å². The highest BCUT2D eigenvalue weighted by Gasteiger charge is 2.16. The molecule has 0 aliphatic rings. The molecule has 0 atom stereocenters. The fourth-order valence-corrected chi connectivity index (χ4v) is 2.02. The molecule has 24 heavy (non-hydrogen) atoms. The SMILES string of the molecule is Cc1cc(C(=O)Nc2ccccc2NC(=O)c2cc(C)on2)no1. The summed E-state index contributed by atoms with van der Waals surface area (Å²) in [6, 6.07) is 9.84. The lowest BCUT2D eigenvalue weighted by Crippen LogP contribution is -2.17. The Balaban J connectivity index is 1.78. The Kier molecular flexibility index (Phi) is 4.11. The average Bonchev–Trinajstić information content (AvgIpc) is 3.18. The van der Waals surface area contributed by atoms with Gasteiger partial charge in [0.2, 0.25) is 0 Å². The molecule has 0 aliphatic carbocycles. The van der Waals surface area contributed by atoms with E-state index in [1.165, 1.54) is 12.1 Å². The van der Waals surface area contributed by atoms with E-state index < -0.39 is 11.8 Å². The van der Waals surface area contributed by atoms with Gasteiger partial charge < -0.3 is 19.7 Å². The first-order chi connectivity index (χ1) is 11.5. The number of nitrogens with zero attached hydrogens (tertiary/aromatic N) is 2. The zero-order chi connectivity index (χ0) is 17.1. The van der Waals surface area contributed by atoms with E-state index in [9.17, 15) is 9.59 Å². The molecule has 3 aromatic rings. The largest absolute Gasteiger partial charge is 0.361 e. The van der Waals surface area contributed by atoms with Gasteiger partial charge in [0, 0.05) is 12.1 Å². The van der Waals surface area contributed by atoms with Crippen molar-refractivity contribution in [2.45, 2.75) is 13.8 Å². The van der Waals surface area contributed by atoms with Gasteiger partial charge in [-0.25, -0.2) is 0 Å². The van der Waals surface area contributed by atoms with Gasteiger partial charge >= 0.3 is 0 Å². The second kappa shape index (κ2) is 6.37. The summed E-state index contributed by atoms with van der Waals surface area (Å²) in [6.07, 6.45) is 0. The molecular weight excluding hydrogens is 312 g/mol. The van der Waals surface area contributed by atoms with E-state index in [2.05, 4.69) is 20.9 Å². The molecule has 3 rings (SSSR count). The molecule has 0 bridgehead atoms. The van der Waals surface area contributed by atoms with Crippen molar-refractivity contribution in [3.8, 4) is 0 Å². The van der Waals surface area contributed by atoms with Gasteiger partial charge in [0.15, 0.2) is 11.4 Å². The first-order valence-corrected chi connectivity index (χ1v) is 7.11. The third-order valence-corrected chi connectivity index (χ3v) is 3.14. The van der Waals surface area contributed by atoms with Crippen LogP contribution in [0.1, 0.15) is 32.5 Å². The molecule has 0 radical (unpaired) electrons. The minimum atomic E-state index is -0.439. The van der Waals surface area contributed by atoms with E-state index in [0.29, 0.717) is 22.9 Å². The number of aryl methyl sites for hydroxylation is 2. The third kappa shape index (κ3) is 3.32. The molecular formula is C16H14N4O4. The fourth-order valence-electron chi connectivity index (χ4n) is 2.02. The summed E-state index contributed by atoms with van der Waals surface area (Å²) in [5.74, 6) is 0.183. The molecule has 0 saturated heterocycles. The van der Waals surface area contributed by atoms with E-state index in [4.69, 9.17) is 9.05 Å². The van der Waals surface area contributed by atoms with Gasteiger partial charge in [-0.05, 0) is 26.0 Å². The van der Waals surface area contributed by atoms with Crippen molar-refractivity contribution in [3.63, 3.8) is 0 Å². The standard InChI is InChI=1S/C16H14N4O4/c1-9-7-13(19-23-9)15(21)17-11-5-3-4-6-12(11)18-16(22)14-8-10(2)24-20-14/h3-8H,1-2H3,(H,17,21)(H,18,22). The number of hydrogen-bond acceptors (Lipinski definition) is 6. The second-order valence-electron chi connectivity index (χ2n) is 5.10. The first kappa shape index (κ1) is 15.5. The minimum Gasteiger partial charge on any atom is -0.361 e. The molecule has 122 valence electrons. The van der Waals surface area contributed by atoms with Crippen molar-refractivity contribution in [2.75, 3.05) is 10.6 Å². The van der Waals surface area contributed by atoms with Crippen molar-refractivity contribution < 1.29 is 18.6 Å². The van der Waals surface area contributed by atoms with E-state index in [1.54, 1.807) is 38.1 Å². The van der Waals surface area contributed by atoms with Crippen molar-refractivity contribution in [3.05, 3.63) is 59.3 Å². The molecule has 1 aromatic carbocycles. The molecule has 8 heteroatoms. The lowest BCUT2D eigenvalue weighted by atomic mass is 10.2. The van der Waals surface area contributed by atoms with Gasteiger partial charge in [0.25, 0.3) is 11.8 Å². The van der Waals surface area contributed by atoms with E-state index >= 15 is 0 Å². The smallest absolute Gasteiger partial charge is 0.277 e. The quantitative estimate of drug-likeness (QED) is 0.763. The number of benzene rings is 1. The summed E-state index contributed by atoms with van der Waals surface area (Å²) >= 11 is 0. The zero-order valence-corrected chi connectivity index (χ0v) is 13.0. The molecule has 0 aliphatic heterocycles. The molecule has 2 aromatic heterocycles. The monoisotopic (exact) mass is 326 g/mol. The van der Waals surface area contributed by atoms with Crippen molar-refractivity contribution in [1.82, 2.24) is 10.3 Å². The van der Waals surface area contributed by atoms with Gasteiger partial charge in [-0.1, -0.05) is 22.4 Å². The Bertz CT molecular complexity index is 824. The summed E-state index contributed by atoms with van der Waals surface area (Å²) in [4.78, 5) is 24.3. The third-order valence-electron chi connectivity index (χ3n) is 3.14. The Morgan fingerprint density at radius 3 is 1.58 bits per heavy atom. The maximum atomic E-state index is 12.2. The number of nitrogens with one attached hydrogen (secondary N) is 2. The number of aromatic nitrogens is 2.